The van der Waals surface area contributed by atoms with Gasteiger partial charge in [0, 0.05) is 36.4 Å². The number of pyridine rings is 1. The van der Waals surface area contributed by atoms with E-state index in [1.807, 2.05) is 32.2 Å². The van der Waals surface area contributed by atoms with Crippen LogP contribution in [0.2, 0.25) is 0 Å². The zero-order valence-electron chi connectivity index (χ0n) is 19.9. The average Bonchev–Trinajstić information content (AvgIpc) is 2.79. The number of alkyl halides is 6. The summed E-state index contributed by atoms with van der Waals surface area (Å²) < 4.78 is 78.7. The lowest BCUT2D eigenvalue weighted by molar-refractivity contribution is -0.150. The van der Waals surface area contributed by atoms with Crippen molar-refractivity contribution in [2.75, 3.05) is 18.9 Å². The second-order valence-electron chi connectivity index (χ2n) is 9.76. The minimum Gasteiger partial charge on any atom is -0.382 e. The van der Waals surface area contributed by atoms with Gasteiger partial charge in [0.1, 0.15) is 11.4 Å². The van der Waals surface area contributed by atoms with Gasteiger partial charge >= 0.3 is 12.4 Å². The van der Waals surface area contributed by atoms with Crippen molar-refractivity contribution < 1.29 is 31.1 Å². The molecule has 36 heavy (non-hydrogen) atoms. The Hall–Kier alpha value is -2.82. The molecule has 5 nitrogen and oxygen atoms in total. The zero-order valence-corrected chi connectivity index (χ0v) is 19.9. The first kappa shape index (κ1) is 26.2. The van der Waals surface area contributed by atoms with Crippen LogP contribution in [0.15, 0.2) is 30.3 Å². The molecule has 4 rings (SSSR count). The highest BCUT2D eigenvalue weighted by molar-refractivity contribution is 5.96. The summed E-state index contributed by atoms with van der Waals surface area (Å²) >= 11 is 0. The number of benzene rings is 1. The fraction of sp³-hybridized carbons (Fsp3) is 0.520. The number of aromatic nitrogens is 1. The van der Waals surface area contributed by atoms with Gasteiger partial charge in [-0.05, 0) is 68.0 Å². The van der Waals surface area contributed by atoms with E-state index >= 15 is 0 Å². The van der Waals surface area contributed by atoms with E-state index in [-0.39, 0.29) is 29.6 Å². The smallest absolute Gasteiger partial charge is 0.382 e. The molecule has 2 unspecified atom stereocenters. The third-order valence-electron chi connectivity index (χ3n) is 6.96. The number of nitrogens with zero attached hydrogens (tertiary/aromatic N) is 2. The third-order valence-corrected chi connectivity index (χ3v) is 6.96. The van der Waals surface area contributed by atoms with Crippen molar-refractivity contribution in [1.29, 1.82) is 0 Å². The molecule has 11 heteroatoms. The molecule has 0 saturated heterocycles. The summed E-state index contributed by atoms with van der Waals surface area (Å²) in [4.78, 5) is 18.0. The van der Waals surface area contributed by atoms with Gasteiger partial charge in [0.05, 0.1) is 0 Å². The van der Waals surface area contributed by atoms with E-state index in [0.717, 1.165) is 30.6 Å². The Morgan fingerprint density at radius 3 is 2.33 bits per heavy atom. The van der Waals surface area contributed by atoms with Crippen LogP contribution < -0.4 is 10.6 Å². The van der Waals surface area contributed by atoms with Crippen molar-refractivity contribution in [2.24, 2.45) is 5.92 Å². The predicted molar refractivity (Wildman–Crippen MR) is 122 cm³/mol. The molecule has 1 aromatic heterocycles. The van der Waals surface area contributed by atoms with Crippen LogP contribution in [-0.2, 0) is 25.3 Å². The summed E-state index contributed by atoms with van der Waals surface area (Å²) in [7, 11) is 2.03. The maximum atomic E-state index is 13.1. The summed E-state index contributed by atoms with van der Waals surface area (Å²) in [6, 6.07) is 6.43. The molecule has 0 bridgehead atoms. The first-order valence-corrected chi connectivity index (χ1v) is 11.8. The van der Waals surface area contributed by atoms with Crippen LogP contribution >= 0.6 is 0 Å². The summed E-state index contributed by atoms with van der Waals surface area (Å²) in [6.45, 7) is 3.57. The topological polar surface area (TPSA) is 57.3 Å². The molecule has 1 fully saturated rings. The molecule has 2 aliphatic rings. The first-order valence-electron chi connectivity index (χ1n) is 11.8. The highest BCUT2D eigenvalue weighted by Gasteiger charge is 2.39. The molecule has 1 amide bonds. The van der Waals surface area contributed by atoms with Crippen LogP contribution in [0.3, 0.4) is 0 Å². The Balaban J connectivity index is 1.42. The van der Waals surface area contributed by atoms with Gasteiger partial charge in [-0.1, -0.05) is 19.1 Å². The van der Waals surface area contributed by atoms with Crippen LogP contribution in [0.1, 0.15) is 59.1 Å². The summed E-state index contributed by atoms with van der Waals surface area (Å²) in [6.07, 6.45) is -7.71. The van der Waals surface area contributed by atoms with Crippen LogP contribution in [0.25, 0.3) is 0 Å². The van der Waals surface area contributed by atoms with Crippen molar-refractivity contribution in [2.45, 2.75) is 63.6 Å². The van der Waals surface area contributed by atoms with Gasteiger partial charge in [-0.25, -0.2) is 4.98 Å². The molecule has 196 valence electrons. The lowest BCUT2D eigenvalue weighted by Gasteiger charge is -2.36. The van der Waals surface area contributed by atoms with Crippen molar-refractivity contribution >= 4 is 11.6 Å². The quantitative estimate of drug-likeness (QED) is 0.529. The normalized spacial score (nSPS) is 23.2. The molecule has 0 spiro atoms. The molecule has 1 aromatic carbocycles. The molecule has 2 aromatic rings. The second kappa shape index (κ2) is 9.91. The van der Waals surface area contributed by atoms with E-state index < -0.39 is 23.7 Å². The number of fused-ring (bicyclic) bond motifs is 1. The fourth-order valence-electron chi connectivity index (χ4n) is 5.09. The number of nitrogens with one attached hydrogen (secondary N) is 2. The molecule has 1 aliphatic heterocycles. The number of hydrogen-bond acceptors (Lipinski definition) is 4. The Bertz CT molecular complexity index is 1080. The molecule has 2 N–H and O–H groups in total. The van der Waals surface area contributed by atoms with E-state index in [9.17, 15) is 31.1 Å². The van der Waals surface area contributed by atoms with Crippen molar-refractivity contribution in [1.82, 2.24) is 15.2 Å². The molecule has 3 atom stereocenters. The van der Waals surface area contributed by atoms with Crippen molar-refractivity contribution in [3.63, 3.8) is 0 Å². The van der Waals surface area contributed by atoms with Gasteiger partial charge in [-0.2, -0.15) is 26.3 Å². The number of anilines is 1. The molecule has 1 aliphatic carbocycles. The van der Waals surface area contributed by atoms with Crippen LogP contribution in [-0.4, -0.2) is 41.5 Å². The zero-order chi connectivity index (χ0) is 26.3. The number of carbonyl (C=O) groups is 1. The predicted octanol–water partition coefficient (Wildman–Crippen LogP) is 5.51. The monoisotopic (exact) mass is 514 g/mol. The minimum atomic E-state index is -5.00. The Labute approximate surface area is 205 Å². The second-order valence-corrected chi connectivity index (χ2v) is 9.76. The van der Waals surface area contributed by atoms with Crippen LogP contribution in [0.4, 0.5) is 32.0 Å². The molecule has 1 saturated carbocycles. The maximum absolute atomic E-state index is 13.1. The highest BCUT2D eigenvalue weighted by atomic mass is 19.4. The number of carbonyl (C=O) groups excluding carboxylic acids is 1. The Morgan fingerprint density at radius 1 is 1.06 bits per heavy atom. The summed E-state index contributed by atoms with van der Waals surface area (Å²) in [5.74, 6) is -0.185. The van der Waals surface area contributed by atoms with E-state index in [1.165, 1.54) is 0 Å². The molecular formula is C25H28F6N4O. The van der Waals surface area contributed by atoms with E-state index in [0.29, 0.717) is 37.0 Å². The largest absolute Gasteiger partial charge is 0.433 e. The van der Waals surface area contributed by atoms with Gasteiger partial charge in [0.25, 0.3) is 5.91 Å². The molecule has 0 radical (unpaired) electrons. The molecule has 2 heterocycles. The van der Waals surface area contributed by atoms with Crippen molar-refractivity contribution in [3.8, 4) is 0 Å². The van der Waals surface area contributed by atoms with Gasteiger partial charge < -0.3 is 15.5 Å². The first-order chi connectivity index (χ1) is 16.8. The van der Waals surface area contributed by atoms with E-state index in [4.69, 9.17) is 0 Å². The SMILES string of the molecule is CC1CC(Nc2cc(C(F)(F)F)nc(C(F)(F)F)c2)CC[C@@H]1NC(=O)c1cccc2c1CCN(C)C2. The number of halogens is 6. The Kier molecular flexibility index (Phi) is 7.23. The number of rotatable bonds is 4. The fourth-order valence-corrected chi connectivity index (χ4v) is 5.09. The summed E-state index contributed by atoms with van der Waals surface area (Å²) in [5, 5.41) is 5.93. The lowest BCUT2D eigenvalue weighted by Crippen LogP contribution is -2.45. The lowest BCUT2D eigenvalue weighted by atomic mass is 9.82. The average molecular weight is 515 g/mol. The third kappa shape index (κ3) is 5.93. The molecular weight excluding hydrogens is 486 g/mol. The number of likely N-dealkylation sites (N-methyl/N-ethyl adjacent to an activating group) is 1. The Morgan fingerprint density at radius 2 is 1.72 bits per heavy atom. The number of amides is 1. The number of hydrogen-bond donors (Lipinski definition) is 2. The van der Waals surface area contributed by atoms with E-state index in [1.54, 1.807) is 0 Å². The van der Waals surface area contributed by atoms with Gasteiger partial charge in [-0.3, -0.25) is 4.79 Å². The standard InChI is InChI=1S/C25H28F6N4O/c1-14-10-16(32-17-11-21(24(26,27)28)34-22(12-17)25(29,30)31)6-7-20(14)33-23(36)19-5-3-4-15-13-35(2)9-8-18(15)19/h3-5,11-12,14,16,20H,6-10,13H2,1-2H3,(H,32,34)(H,33,36)/t14?,16?,20-/m0/s1. The van der Waals surface area contributed by atoms with E-state index in [2.05, 4.69) is 20.5 Å². The van der Waals surface area contributed by atoms with Gasteiger partial charge in [0.2, 0.25) is 0 Å². The van der Waals surface area contributed by atoms with Gasteiger partial charge in [-0.15, -0.1) is 0 Å². The van der Waals surface area contributed by atoms with Crippen molar-refractivity contribution in [3.05, 3.63) is 58.4 Å². The van der Waals surface area contributed by atoms with Crippen LogP contribution in [0.5, 0.6) is 0 Å². The highest BCUT2D eigenvalue weighted by Crippen LogP contribution is 2.36. The minimum absolute atomic E-state index is 0.0307. The maximum Gasteiger partial charge on any atom is 0.433 e. The van der Waals surface area contributed by atoms with Gasteiger partial charge in [0.15, 0.2) is 0 Å². The summed E-state index contributed by atoms with van der Waals surface area (Å²) in [5.41, 5.74) is -0.618. The van der Waals surface area contributed by atoms with Crippen LogP contribution in [0, 0.1) is 5.92 Å².